The van der Waals surface area contributed by atoms with Crippen LogP contribution in [0.1, 0.15) is 48.9 Å². The minimum atomic E-state index is -0.303. The third-order valence-corrected chi connectivity index (χ3v) is 3.57. The number of nitrogens with one attached hydrogen (secondary N) is 1. The molecule has 98 valence electrons. The van der Waals surface area contributed by atoms with Gasteiger partial charge in [0.1, 0.15) is 5.82 Å². The van der Waals surface area contributed by atoms with Crippen molar-refractivity contribution in [1.29, 1.82) is 0 Å². The van der Waals surface area contributed by atoms with Crippen LogP contribution in [0.4, 0.5) is 4.39 Å². The number of hydrogen-bond donors (Lipinski definition) is 1. The summed E-state index contributed by atoms with van der Waals surface area (Å²) in [6.07, 6.45) is 7.45. The van der Waals surface area contributed by atoms with Crippen molar-refractivity contribution in [1.82, 2.24) is 5.32 Å². The Morgan fingerprint density at radius 3 is 2.33 bits per heavy atom. The molecule has 2 rings (SSSR count). The smallest absolute Gasteiger partial charge is 0.176 e. The first-order valence-corrected chi connectivity index (χ1v) is 6.78. The van der Waals surface area contributed by atoms with Gasteiger partial charge in [-0.2, -0.15) is 0 Å². The zero-order valence-electron chi connectivity index (χ0n) is 10.6. The number of Topliss-reactive ketones (excluding diaryl/α,β-unsaturated/α-hetero) is 1. The first-order valence-electron chi connectivity index (χ1n) is 6.78. The molecule has 0 amide bonds. The standard InChI is InChI=1S/C15H20FNO/c16-13-9-7-12(8-10-13)15(18)11-17-14-5-3-1-2-4-6-14/h7-10,14,17H,1-6,11H2. The van der Waals surface area contributed by atoms with E-state index < -0.39 is 0 Å². The van der Waals surface area contributed by atoms with Crippen LogP contribution in [0.2, 0.25) is 0 Å². The summed E-state index contributed by atoms with van der Waals surface area (Å²) in [7, 11) is 0. The third kappa shape index (κ3) is 3.91. The lowest BCUT2D eigenvalue weighted by Gasteiger charge is -2.15. The molecule has 1 fully saturated rings. The summed E-state index contributed by atoms with van der Waals surface area (Å²) < 4.78 is 12.7. The molecule has 0 heterocycles. The molecule has 0 saturated heterocycles. The lowest BCUT2D eigenvalue weighted by Crippen LogP contribution is -2.33. The van der Waals surface area contributed by atoms with Gasteiger partial charge in [-0.1, -0.05) is 25.7 Å². The van der Waals surface area contributed by atoms with Crippen molar-refractivity contribution in [2.75, 3.05) is 6.54 Å². The first-order chi connectivity index (χ1) is 8.75. The fourth-order valence-electron chi connectivity index (χ4n) is 2.46. The van der Waals surface area contributed by atoms with Crippen LogP contribution >= 0.6 is 0 Å². The van der Waals surface area contributed by atoms with E-state index in [1.807, 2.05) is 0 Å². The number of rotatable bonds is 4. The molecular formula is C15H20FNO. The average Bonchev–Trinajstić information content (AvgIpc) is 2.65. The average molecular weight is 249 g/mol. The molecule has 0 aromatic heterocycles. The molecule has 1 aliphatic carbocycles. The Morgan fingerprint density at radius 1 is 1.11 bits per heavy atom. The molecule has 1 saturated carbocycles. The van der Waals surface area contributed by atoms with Crippen LogP contribution in [0.5, 0.6) is 0 Å². The molecule has 18 heavy (non-hydrogen) atoms. The van der Waals surface area contributed by atoms with Gasteiger partial charge in [-0.3, -0.25) is 4.79 Å². The Hall–Kier alpha value is -1.22. The normalized spacial score (nSPS) is 17.4. The van der Waals surface area contributed by atoms with Crippen LogP contribution in [-0.4, -0.2) is 18.4 Å². The maximum absolute atomic E-state index is 12.7. The Morgan fingerprint density at radius 2 is 1.72 bits per heavy atom. The van der Waals surface area contributed by atoms with E-state index in [4.69, 9.17) is 0 Å². The van der Waals surface area contributed by atoms with Gasteiger partial charge in [0.25, 0.3) is 0 Å². The highest BCUT2D eigenvalue weighted by molar-refractivity contribution is 5.97. The molecule has 0 unspecified atom stereocenters. The lowest BCUT2D eigenvalue weighted by molar-refractivity contribution is 0.0986. The Labute approximate surface area is 108 Å². The zero-order chi connectivity index (χ0) is 12.8. The fraction of sp³-hybridized carbons (Fsp3) is 0.533. The van der Waals surface area contributed by atoms with E-state index in [-0.39, 0.29) is 11.6 Å². The highest BCUT2D eigenvalue weighted by atomic mass is 19.1. The van der Waals surface area contributed by atoms with Gasteiger partial charge in [-0.25, -0.2) is 4.39 Å². The number of halogens is 1. The summed E-state index contributed by atoms with van der Waals surface area (Å²) in [5.41, 5.74) is 0.581. The van der Waals surface area contributed by atoms with Crippen LogP contribution in [0.25, 0.3) is 0 Å². The van der Waals surface area contributed by atoms with Gasteiger partial charge >= 0.3 is 0 Å². The van der Waals surface area contributed by atoms with Gasteiger partial charge in [0.2, 0.25) is 0 Å². The molecule has 1 aromatic carbocycles. The maximum Gasteiger partial charge on any atom is 0.176 e. The summed E-state index contributed by atoms with van der Waals surface area (Å²) in [6, 6.07) is 6.23. The SMILES string of the molecule is O=C(CNC1CCCCCC1)c1ccc(F)cc1. The second-order valence-electron chi connectivity index (χ2n) is 5.00. The van der Waals surface area contributed by atoms with E-state index in [2.05, 4.69) is 5.32 Å². The number of ketones is 1. The predicted octanol–water partition coefficient (Wildman–Crippen LogP) is 3.32. The number of benzene rings is 1. The minimum absolute atomic E-state index is 0.0410. The molecule has 0 spiro atoms. The van der Waals surface area contributed by atoms with E-state index in [9.17, 15) is 9.18 Å². The third-order valence-electron chi connectivity index (χ3n) is 3.57. The van der Waals surface area contributed by atoms with E-state index >= 15 is 0 Å². The van der Waals surface area contributed by atoms with Crippen LogP contribution in [-0.2, 0) is 0 Å². The molecule has 0 atom stereocenters. The van der Waals surface area contributed by atoms with E-state index in [1.165, 1.54) is 37.8 Å². The summed E-state index contributed by atoms with van der Waals surface area (Å²) >= 11 is 0. The predicted molar refractivity (Wildman–Crippen MR) is 70.2 cm³/mol. The Bertz CT molecular complexity index is 380. The molecule has 0 aliphatic heterocycles. The van der Waals surface area contributed by atoms with Crippen molar-refractivity contribution in [2.24, 2.45) is 0 Å². The van der Waals surface area contributed by atoms with Gasteiger partial charge in [0.05, 0.1) is 6.54 Å². The minimum Gasteiger partial charge on any atom is -0.307 e. The van der Waals surface area contributed by atoms with Crippen LogP contribution in [0.3, 0.4) is 0 Å². The number of carbonyl (C=O) groups excluding carboxylic acids is 1. The van der Waals surface area contributed by atoms with Crippen LogP contribution in [0, 0.1) is 5.82 Å². The molecule has 0 radical (unpaired) electrons. The van der Waals surface area contributed by atoms with E-state index in [0.717, 1.165) is 12.8 Å². The number of hydrogen-bond acceptors (Lipinski definition) is 2. The number of carbonyl (C=O) groups is 1. The maximum atomic E-state index is 12.7. The highest BCUT2D eigenvalue weighted by Gasteiger charge is 2.13. The highest BCUT2D eigenvalue weighted by Crippen LogP contribution is 2.17. The zero-order valence-corrected chi connectivity index (χ0v) is 10.6. The Kier molecular flexibility index (Phi) is 4.88. The molecule has 2 nitrogen and oxygen atoms in total. The molecular weight excluding hydrogens is 229 g/mol. The lowest BCUT2D eigenvalue weighted by atomic mass is 10.1. The summed E-state index contributed by atoms with van der Waals surface area (Å²) in [4.78, 5) is 11.9. The molecule has 1 aliphatic rings. The summed E-state index contributed by atoms with van der Waals surface area (Å²) in [5.74, 6) is -0.262. The second kappa shape index (κ2) is 6.64. The molecule has 3 heteroatoms. The van der Waals surface area contributed by atoms with Gasteiger partial charge in [0, 0.05) is 11.6 Å². The van der Waals surface area contributed by atoms with Crippen LogP contribution < -0.4 is 5.32 Å². The van der Waals surface area contributed by atoms with Crippen molar-refractivity contribution in [2.45, 2.75) is 44.6 Å². The largest absolute Gasteiger partial charge is 0.307 e. The van der Waals surface area contributed by atoms with Crippen molar-refractivity contribution in [3.05, 3.63) is 35.6 Å². The van der Waals surface area contributed by atoms with Gasteiger partial charge in [0.15, 0.2) is 5.78 Å². The van der Waals surface area contributed by atoms with Gasteiger partial charge in [-0.05, 0) is 37.1 Å². The molecule has 1 aromatic rings. The van der Waals surface area contributed by atoms with Crippen molar-refractivity contribution in [3.8, 4) is 0 Å². The van der Waals surface area contributed by atoms with Crippen LogP contribution in [0.15, 0.2) is 24.3 Å². The summed E-state index contributed by atoms with van der Waals surface area (Å²) in [6.45, 7) is 0.357. The van der Waals surface area contributed by atoms with Gasteiger partial charge in [-0.15, -0.1) is 0 Å². The van der Waals surface area contributed by atoms with Gasteiger partial charge < -0.3 is 5.32 Å². The second-order valence-corrected chi connectivity index (χ2v) is 5.00. The quantitative estimate of drug-likeness (QED) is 0.655. The Balaban J connectivity index is 1.82. The molecule has 0 bridgehead atoms. The first kappa shape index (κ1) is 13.2. The van der Waals surface area contributed by atoms with Crippen molar-refractivity contribution >= 4 is 5.78 Å². The monoisotopic (exact) mass is 249 g/mol. The fourth-order valence-corrected chi connectivity index (χ4v) is 2.46. The topological polar surface area (TPSA) is 29.1 Å². The van der Waals surface area contributed by atoms with Crippen molar-refractivity contribution < 1.29 is 9.18 Å². The van der Waals surface area contributed by atoms with E-state index in [1.54, 1.807) is 12.1 Å². The van der Waals surface area contributed by atoms with Crippen molar-refractivity contribution in [3.63, 3.8) is 0 Å². The summed E-state index contributed by atoms with van der Waals surface area (Å²) in [5, 5.41) is 3.33. The van der Waals surface area contributed by atoms with E-state index in [0.29, 0.717) is 18.2 Å². The molecule has 1 N–H and O–H groups in total.